The monoisotopic (exact) mass is 727 g/mol. The summed E-state index contributed by atoms with van der Waals surface area (Å²) >= 11 is 6.92. The number of carbonyl (C=O) groups excluding carboxylic acids is 2. The summed E-state index contributed by atoms with van der Waals surface area (Å²) in [5, 5.41) is 11.4. The molecular formula is C31H27Br2N3O6S. The Morgan fingerprint density at radius 3 is 2.00 bits per heavy atom. The van der Waals surface area contributed by atoms with Gasteiger partial charge in [-0.25, -0.2) is 12.7 Å². The molecule has 0 spiro atoms. The van der Waals surface area contributed by atoms with Gasteiger partial charge in [-0.3, -0.25) is 19.7 Å². The lowest BCUT2D eigenvalue weighted by Crippen LogP contribution is -2.41. The molecule has 0 fully saturated rings. The summed E-state index contributed by atoms with van der Waals surface area (Å²) in [6.07, 6.45) is -0.431. The van der Waals surface area contributed by atoms with Gasteiger partial charge in [0.25, 0.3) is 21.6 Å². The maximum atomic E-state index is 14.2. The summed E-state index contributed by atoms with van der Waals surface area (Å²) in [4.78, 5) is 40.3. The molecule has 0 aromatic heterocycles. The molecule has 222 valence electrons. The molecule has 9 nitrogen and oxygen atoms in total. The summed E-state index contributed by atoms with van der Waals surface area (Å²) in [6, 6.07) is 24.3. The van der Waals surface area contributed by atoms with E-state index in [4.69, 9.17) is 0 Å². The van der Waals surface area contributed by atoms with Crippen molar-refractivity contribution in [1.29, 1.82) is 0 Å². The van der Waals surface area contributed by atoms with E-state index in [2.05, 4.69) is 31.9 Å². The molecule has 0 unspecified atom stereocenters. The number of nitro groups is 1. The van der Waals surface area contributed by atoms with Gasteiger partial charge in [0, 0.05) is 38.9 Å². The van der Waals surface area contributed by atoms with Crippen LogP contribution in [0.25, 0.3) is 0 Å². The van der Waals surface area contributed by atoms with E-state index in [0.29, 0.717) is 25.8 Å². The molecule has 0 aliphatic rings. The van der Waals surface area contributed by atoms with E-state index in [1.54, 1.807) is 67.6 Å². The van der Waals surface area contributed by atoms with E-state index in [-0.39, 0.29) is 17.1 Å². The SMILES string of the molecule is CCN(C(=O)C[C@H](c1ccc([N+](=O)[O-])cc1)N(C(=O)c1ccccc1)c1cc(Br)cc(Br)c1)S(=O)(=O)c1ccc(C)cc1. The molecule has 0 heterocycles. The first kappa shape index (κ1) is 32.1. The second-order valence-electron chi connectivity index (χ2n) is 9.61. The fourth-order valence-corrected chi connectivity index (χ4v) is 7.28. The van der Waals surface area contributed by atoms with Crippen molar-refractivity contribution < 1.29 is 22.9 Å². The molecule has 1 atom stereocenters. The summed E-state index contributed by atoms with van der Waals surface area (Å²) < 4.78 is 29.2. The van der Waals surface area contributed by atoms with E-state index in [0.717, 1.165) is 9.87 Å². The third kappa shape index (κ3) is 7.38. The highest BCUT2D eigenvalue weighted by Gasteiger charge is 2.35. The number of carbonyl (C=O) groups is 2. The van der Waals surface area contributed by atoms with Gasteiger partial charge in [0.2, 0.25) is 5.91 Å². The van der Waals surface area contributed by atoms with Crippen LogP contribution < -0.4 is 4.90 Å². The summed E-state index contributed by atoms with van der Waals surface area (Å²) in [5.74, 6) is -1.20. The molecule has 4 aromatic carbocycles. The lowest BCUT2D eigenvalue weighted by atomic mass is 9.98. The number of anilines is 1. The molecule has 0 bridgehead atoms. The first-order valence-electron chi connectivity index (χ1n) is 13.1. The van der Waals surface area contributed by atoms with Crippen molar-refractivity contribution >= 4 is 65.1 Å². The molecule has 0 aliphatic heterocycles. The number of benzene rings is 4. The minimum absolute atomic E-state index is 0.0340. The van der Waals surface area contributed by atoms with Gasteiger partial charge in [-0.1, -0.05) is 79.9 Å². The molecule has 2 amide bonds. The molecule has 4 aromatic rings. The number of non-ortho nitro benzene ring substituents is 1. The minimum Gasteiger partial charge on any atom is -0.300 e. The maximum absolute atomic E-state index is 14.2. The Bertz CT molecular complexity index is 1730. The van der Waals surface area contributed by atoms with Crippen LogP contribution in [0.2, 0.25) is 0 Å². The summed E-state index contributed by atoms with van der Waals surface area (Å²) in [6.45, 7) is 3.24. The number of aryl methyl sites for hydroxylation is 1. The standard InChI is InChI=1S/C31H27Br2N3O6S/c1-3-34(43(41,42)28-15-9-21(2)10-16-28)30(37)20-29(22-11-13-26(14-12-22)36(39)40)35(27-18-24(32)17-25(33)19-27)31(38)23-7-5-4-6-8-23/h4-19,29H,3,20H2,1-2H3/t29-/m1/s1. The number of hydrogen-bond donors (Lipinski definition) is 0. The zero-order valence-electron chi connectivity index (χ0n) is 23.2. The second-order valence-corrected chi connectivity index (χ2v) is 13.3. The van der Waals surface area contributed by atoms with Crippen LogP contribution in [0, 0.1) is 17.0 Å². The van der Waals surface area contributed by atoms with E-state index in [1.165, 1.54) is 41.3 Å². The minimum atomic E-state index is -4.21. The van der Waals surface area contributed by atoms with Crippen molar-refractivity contribution in [2.75, 3.05) is 11.4 Å². The number of rotatable bonds is 10. The Labute approximate surface area is 266 Å². The third-order valence-electron chi connectivity index (χ3n) is 6.71. The highest BCUT2D eigenvalue weighted by atomic mass is 79.9. The van der Waals surface area contributed by atoms with Crippen LogP contribution in [0.5, 0.6) is 0 Å². The lowest BCUT2D eigenvalue weighted by Gasteiger charge is -2.34. The first-order chi connectivity index (χ1) is 20.4. The van der Waals surface area contributed by atoms with Crippen LogP contribution in [-0.4, -0.2) is 36.0 Å². The Balaban J connectivity index is 1.87. The molecule has 0 aliphatic carbocycles. The van der Waals surface area contributed by atoms with Crippen molar-refractivity contribution in [2.24, 2.45) is 0 Å². The summed E-state index contributed by atoms with van der Waals surface area (Å²) in [7, 11) is -4.21. The van der Waals surface area contributed by atoms with E-state index in [1.807, 2.05) is 6.92 Å². The Hall–Kier alpha value is -3.87. The highest BCUT2D eigenvalue weighted by Crippen LogP contribution is 2.36. The van der Waals surface area contributed by atoms with Crippen LogP contribution in [0.4, 0.5) is 11.4 Å². The van der Waals surface area contributed by atoms with Crippen LogP contribution in [0.3, 0.4) is 0 Å². The van der Waals surface area contributed by atoms with Crippen molar-refractivity contribution in [3.8, 4) is 0 Å². The number of halogens is 2. The quantitative estimate of drug-likeness (QED) is 0.124. The normalized spacial score (nSPS) is 11.9. The van der Waals surface area contributed by atoms with Crippen LogP contribution in [-0.2, 0) is 14.8 Å². The van der Waals surface area contributed by atoms with Gasteiger partial charge in [-0.2, -0.15) is 0 Å². The average Bonchev–Trinajstić information content (AvgIpc) is 2.97. The molecule has 0 saturated carbocycles. The Kier molecular flexibility index (Phi) is 10.2. The van der Waals surface area contributed by atoms with Gasteiger partial charge in [-0.15, -0.1) is 0 Å². The van der Waals surface area contributed by atoms with Gasteiger partial charge in [0.05, 0.1) is 22.3 Å². The Morgan fingerprint density at radius 2 is 1.47 bits per heavy atom. The molecule has 0 saturated heterocycles. The van der Waals surface area contributed by atoms with Crippen molar-refractivity contribution in [3.63, 3.8) is 0 Å². The predicted octanol–water partition coefficient (Wildman–Crippen LogP) is 7.44. The van der Waals surface area contributed by atoms with Crippen LogP contribution in [0.15, 0.2) is 111 Å². The Morgan fingerprint density at radius 1 is 0.884 bits per heavy atom. The van der Waals surface area contributed by atoms with E-state index >= 15 is 0 Å². The molecule has 12 heteroatoms. The fourth-order valence-electron chi connectivity index (χ4n) is 4.60. The number of sulfonamides is 1. The first-order valence-corrected chi connectivity index (χ1v) is 16.2. The number of amides is 2. The van der Waals surface area contributed by atoms with Gasteiger partial charge >= 0.3 is 0 Å². The lowest BCUT2D eigenvalue weighted by molar-refractivity contribution is -0.384. The van der Waals surface area contributed by atoms with Crippen molar-refractivity contribution in [1.82, 2.24) is 4.31 Å². The van der Waals surface area contributed by atoms with E-state index < -0.39 is 39.2 Å². The van der Waals surface area contributed by atoms with Crippen LogP contribution >= 0.6 is 31.9 Å². The number of hydrogen-bond acceptors (Lipinski definition) is 6. The maximum Gasteiger partial charge on any atom is 0.269 e. The molecule has 0 radical (unpaired) electrons. The van der Waals surface area contributed by atoms with E-state index in [9.17, 15) is 28.1 Å². The number of nitrogens with zero attached hydrogens (tertiary/aromatic N) is 3. The third-order valence-corrected chi connectivity index (χ3v) is 9.53. The van der Waals surface area contributed by atoms with Gasteiger partial charge in [-0.05, 0) is 61.9 Å². The van der Waals surface area contributed by atoms with Gasteiger partial charge in [0.15, 0.2) is 0 Å². The fraction of sp³-hybridized carbons (Fsp3) is 0.161. The van der Waals surface area contributed by atoms with Gasteiger partial charge in [0.1, 0.15) is 0 Å². The molecule has 0 N–H and O–H groups in total. The van der Waals surface area contributed by atoms with Crippen molar-refractivity contribution in [3.05, 3.63) is 133 Å². The summed E-state index contributed by atoms with van der Waals surface area (Å²) in [5.41, 5.74) is 1.84. The zero-order valence-corrected chi connectivity index (χ0v) is 27.2. The average molecular weight is 729 g/mol. The topological polar surface area (TPSA) is 118 Å². The molecular weight excluding hydrogens is 702 g/mol. The highest BCUT2D eigenvalue weighted by molar-refractivity contribution is 9.11. The largest absolute Gasteiger partial charge is 0.300 e. The molecule has 43 heavy (non-hydrogen) atoms. The van der Waals surface area contributed by atoms with Crippen LogP contribution in [0.1, 0.15) is 40.9 Å². The zero-order chi connectivity index (χ0) is 31.3. The molecule has 4 rings (SSSR count). The van der Waals surface area contributed by atoms with Gasteiger partial charge < -0.3 is 4.90 Å². The second kappa shape index (κ2) is 13.6. The predicted molar refractivity (Wildman–Crippen MR) is 171 cm³/mol. The van der Waals surface area contributed by atoms with Crippen molar-refractivity contribution in [2.45, 2.75) is 31.2 Å². The smallest absolute Gasteiger partial charge is 0.269 e. The number of nitro benzene ring substituents is 1.